The van der Waals surface area contributed by atoms with E-state index in [4.69, 9.17) is 0 Å². The van der Waals surface area contributed by atoms with Crippen molar-refractivity contribution in [1.29, 1.82) is 0 Å². The first kappa shape index (κ1) is 19.5. The summed E-state index contributed by atoms with van der Waals surface area (Å²) >= 11 is 3.90. The Morgan fingerprint density at radius 3 is 1.84 bits per heavy atom. The van der Waals surface area contributed by atoms with Gasteiger partial charge in [0.1, 0.15) is 0 Å². The van der Waals surface area contributed by atoms with E-state index in [9.17, 15) is 0 Å². The number of thiophene rings is 2. The van der Waals surface area contributed by atoms with Crippen LogP contribution in [0.4, 0.5) is 0 Å². The maximum Gasteiger partial charge on any atom is 0.0987 e. The van der Waals surface area contributed by atoms with Gasteiger partial charge >= 0.3 is 0 Å². The van der Waals surface area contributed by atoms with Crippen molar-refractivity contribution in [2.75, 3.05) is 0 Å². The van der Waals surface area contributed by atoms with E-state index >= 15 is 0 Å². The van der Waals surface area contributed by atoms with E-state index in [0.29, 0.717) is 0 Å². The lowest BCUT2D eigenvalue weighted by Crippen LogP contribution is -2.43. The van der Waals surface area contributed by atoms with E-state index in [1.165, 1.54) is 70.6 Å². The van der Waals surface area contributed by atoms with E-state index in [1.807, 2.05) is 11.3 Å². The van der Waals surface area contributed by atoms with Crippen LogP contribution in [0.1, 0.15) is 20.8 Å². The third-order valence-electron chi connectivity index (χ3n) is 7.60. The van der Waals surface area contributed by atoms with Crippen LogP contribution in [0.25, 0.3) is 52.5 Å². The maximum absolute atomic E-state index is 2.53. The zero-order chi connectivity index (χ0) is 21.2. The van der Waals surface area contributed by atoms with Crippen LogP contribution in [0, 0.1) is 0 Å². The summed E-state index contributed by atoms with van der Waals surface area (Å²) in [5.74, 6) is 0. The SMILES string of the molecule is CC[Si](CC)(CC)c1cc2cc3ccc4c5cc6sccc6cc5ccc4c3cc2s1. The molecule has 6 rings (SSSR count). The lowest BCUT2D eigenvalue weighted by atomic mass is 9.96. The Bertz CT molecular complexity index is 1590. The first-order valence-corrected chi connectivity index (χ1v) is 15.7. The molecule has 0 saturated carbocycles. The molecule has 2 heterocycles. The Morgan fingerprint density at radius 2 is 1.19 bits per heavy atom. The van der Waals surface area contributed by atoms with Gasteiger partial charge in [-0.1, -0.05) is 63.2 Å². The van der Waals surface area contributed by atoms with Crippen LogP contribution < -0.4 is 4.50 Å². The molecule has 0 aliphatic carbocycles. The molecule has 6 aromatic rings. The van der Waals surface area contributed by atoms with Gasteiger partial charge in [-0.25, -0.2) is 0 Å². The van der Waals surface area contributed by atoms with Gasteiger partial charge in [-0.3, -0.25) is 0 Å². The molecule has 0 nitrogen and oxygen atoms in total. The fourth-order valence-electron chi connectivity index (χ4n) is 5.40. The van der Waals surface area contributed by atoms with Gasteiger partial charge in [0, 0.05) is 9.40 Å². The summed E-state index contributed by atoms with van der Waals surface area (Å²) in [5.41, 5.74) is 0. The van der Waals surface area contributed by atoms with Gasteiger partial charge in [0.15, 0.2) is 0 Å². The summed E-state index contributed by atoms with van der Waals surface area (Å²) in [7, 11) is -1.34. The van der Waals surface area contributed by atoms with Crippen LogP contribution in [-0.4, -0.2) is 8.07 Å². The fraction of sp³-hybridized carbons (Fsp3) is 0.214. The van der Waals surface area contributed by atoms with Gasteiger partial charge in [-0.2, -0.15) is 0 Å². The molecule has 0 radical (unpaired) electrons. The number of fused-ring (bicyclic) bond motifs is 7. The lowest BCUT2D eigenvalue weighted by Gasteiger charge is -2.26. The largest absolute Gasteiger partial charge is 0.145 e. The Labute approximate surface area is 192 Å². The third-order valence-corrected chi connectivity index (χ3v) is 16.2. The fourth-order valence-corrected chi connectivity index (χ4v) is 12.6. The molecule has 0 aliphatic rings. The van der Waals surface area contributed by atoms with Gasteiger partial charge in [0.2, 0.25) is 0 Å². The molecular weight excluding hydrogens is 429 g/mol. The van der Waals surface area contributed by atoms with Crippen molar-refractivity contribution in [1.82, 2.24) is 0 Å². The van der Waals surface area contributed by atoms with Crippen LogP contribution in [0.2, 0.25) is 18.1 Å². The zero-order valence-corrected chi connectivity index (χ0v) is 20.9. The van der Waals surface area contributed by atoms with Crippen LogP contribution >= 0.6 is 22.7 Å². The quantitative estimate of drug-likeness (QED) is 0.184. The Hall–Kier alpha value is -2.20. The molecule has 0 atom stereocenters. The molecular formula is C28H26S2Si. The van der Waals surface area contributed by atoms with Crippen molar-refractivity contribution < 1.29 is 0 Å². The molecule has 0 saturated heterocycles. The first-order chi connectivity index (χ1) is 15.2. The highest BCUT2D eigenvalue weighted by Gasteiger charge is 2.31. The second-order valence-electron chi connectivity index (χ2n) is 8.82. The highest BCUT2D eigenvalue weighted by atomic mass is 32.1. The van der Waals surface area contributed by atoms with Crippen molar-refractivity contribution >= 4 is 87.7 Å². The average molecular weight is 455 g/mol. The number of benzene rings is 4. The summed E-state index contributed by atoms with van der Waals surface area (Å²) in [4.78, 5) is 0. The summed E-state index contributed by atoms with van der Waals surface area (Å²) in [6.07, 6.45) is 0. The van der Waals surface area contributed by atoms with Crippen LogP contribution in [-0.2, 0) is 0 Å². The van der Waals surface area contributed by atoms with E-state index in [-0.39, 0.29) is 0 Å². The molecule has 2 aromatic heterocycles. The van der Waals surface area contributed by atoms with E-state index in [2.05, 4.69) is 98.2 Å². The molecule has 0 amide bonds. The highest BCUT2D eigenvalue weighted by Crippen LogP contribution is 2.37. The van der Waals surface area contributed by atoms with Crippen molar-refractivity contribution in [2.24, 2.45) is 0 Å². The number of hydrogen-bond donors (Lipinski definition) is 0. The average Bonchev–Trinajstić information content (AvgIpc) is 3.43. The molecule has 31 heavy (non-hydrogen) atoms. The Morgan fingerprint density at radius 1 is 0.581 bits per heavy atom. The molecule has 0 N–H and O–H groups in total. The summed E-state index contributed by atoms with van der Waals surface area (Å²) in [6, 6.07) is 27.7. The third kappa shape index (κ3) is 2.83. The topological polar surface area (TPSA) is 0 Å². The van der Waals surface area contributed by atoms with E-state index in [0.717, 1.165) is 0 Å². The second-order valence-corrected chi connectivity index (χ2v) is 16.4. The molecule has 0 unspecified atom stereocenters. The monoisotopic (exact) mass is 454 g/mol. The van der Waals surface area contributed by atoms with Crippen molar-refractivity contribution in [3.8, 4) is 0 Å². The van der Waals surface area contributed by atoms with Crippen LogP contribution in [0.15, 0.2) is 66.0 Å². The predicted molar refractivity (Wildman–Crippen MR) is 147 cm³/mol. The number of rotatable bonds is 4. The molecule has 154 valence electrons. The molecule has 0 fully saturated rings. The van der Waals surface area contributed by atoms with Gasteiger partial charge in [0.05, 0.1) is 8.07 Å². The number of hydrogen-bond acceptors (Lipinski definition) is 2. The van der Waals surface area contributed by atoms with E-state index < -0.39 is 8.07 Å². The summed E-state index contributed by atoms with van der Waals surface area (Å²) < 4.78 is 4.52. The van der Waals surface area contributed by atoms with Crippen LogP contribution in [0.5, 0.6) is 0 Å². The lowest BCUT2D eigenvalue weighted by molar-refractivity contribution is 1.20. The first-order valence-electron chi connectivity index (χ1n) is 11.4. The minimum atomic E-state index is -1.34. The molecule has 0 aliphatic heterocycles. The minimum absolute atomic E-state index is 1.34. The van der Waals surface area contributed by atoms with Gasteiger partial charge in [0.25, 0.3) is 0 Å². The van der Waals surface area contributed by atoms with Crippen molar-refractivity contribution in [3.05, 3.63) is 66.0 Å². The molecule has 0 spiro atoms. The standard InChI is InChI=1S/C28H26S2Si/c1-4-31(5-2,6-3)28-15-21-14-19-8-10-22-23(25(19)17-27(21)30-28)9-7-18-13-20-11-12-29-26(20)16-24(18)22/h7-17H,4-6H2,1-3H3. The maximum atomic E-state index is 2.53. The minimum Gasteiger partial charge on any atom is -0.145 e. The van der Waals surface area contributed by atoms with Gasteiger partial charge in [-0.15, -0.1) is 22.7 Å². The van der Waals surface area contributed by atoms with Crippen LogP contribution in [0.3, 0.4) is 0 Å². The normalized spacial score (nSPS) is 12.7. The Balaban J connectivity index is 1.64. The second kappa shape index (κ2) is 7.16. The zero-order valence-electron chi connectivity index (χ0n) is 18.3. The highest BCUT2D eigenvalue weighted by molar-refractivity contribution is 7.31. The summed E-state index contributed by atoms with van der Waals surface area (Å²) in [6.45, 7) is 7.22. The molecule has 0 bridgehead atoms. The van der Waals surface area contributed by atoms with Gasteiger partial charge < -0.3 is 0 Å². The summed E-state index contributed by atoms with van der Waals surface area (Å²) in [5, 5.41) is 13.2. The van der Waals surface area contributed by atoms with Gasteiger partial charge in [-0.05, 0) is 89.4 Å². The Kier molecular flexibility index (Phi) is 4.50. The van der Waals surface area contributed by atoms with E-state index in [1.54, 1.807) is 4.50 Å². The molecule has 4 aromatic carbocycles. The van der Waals surface area contributed by atoms with Crippen molar-refractivity contribution in [2.45, 2.75) is 38.9 Å². The predicted octanol–water partition coefficient (Wildman–Crippen LogP) is 9.29. The molecule has 3 heteroatoms. The smallest absolute Gasteiger partial charge is 0.0987 e. The van der Waals surface area contributed by atoms with Crippen molar-refractivity contribution in [3.63, 3.8) is 0 Å².